The van der Waals surface area contributed by atoms with Gasteiger partial charge >= 0.3 is 6.03 Å². The number of urea groups is 1. The summed E-state index contributed by atoms with van der Waals surface area (Å²) in [7, 11) is -2.17. The Kier molecular flexibility index (Phi) is 9.89. The van der Waals surface area contributed by atoms with Gasteiger partial charge < -0.3 is 25.2 Å². The number of carbonyl (C=O) groups is 4. The van der Waals surface area contributed by atoms with Crippen molar-refractivity contribution in [3.63, 3.8) is 0 Å². The number of hydrogen-bond acceptors (Lipinski definition) is 7. The summed E-state index contributed by atoms with van der Waals surface area (Å²) in [5, 5.41) is 5.10. The molecule has 47 heavy (non-hydrogen) atoms. The van der Waals surface area contributed by atoms with Crippen LogP contribution in [0.2, 0.25) is 0 Å². The number of ether oxygens (including phenoxy) is 1. The summed E-state index contributed by atoms with van der Waals surface area (Å²) in [6, 6.07) is 5.53. The lowest BCUT2D eigenvalue weighted by molar-refractivity contribution is -0.142. The van der Waals surface area contributed by atoms with Crippen LogP contribution in [0.5, 0.6) is 0 Å². The Hall–Kier alpha value is -3.71. The highest BCUT2D eigenvalue weighted by atomic mass is 32.2. The van der Waals surface area contributed by atoms with Gasteiger partial charge in [-0.1, -0.05) is 57.2 Å². The molecule has 4 bridgehead atoms. The van der Waals surface area contributed by atoms with Crippen molar-refractivity contribution in [1.29, 1.82) is 0 Å². The fraction of sp³-hybridized carbons (Fsp3) is 0.588. The summed E-state index contributed by atoms with van der Waals surface area (Å²) in [6.07, 6.45) is 7.92. The Labute approximate surface area is 277 Å². The number of nitrogens with zero attached hydrogens (tertiary/aromatic N) is 2. The zero-order valence-electron chi connectivity index (χ0n) is 27.7. The SMILES string of the molecule is C=C[C@H]1C[C@@]1(NC(=O)[C@@H]1C[C@@H]2CN1C(=O)[C@H](C(C)(C)C)NC(=O)N(C)CCC/C=C/c1cccc(c1)CO2)C(=O)NS(=O)(=O)C1CC1. The Morgan fingerprint density at radius 2 is 1.94 bits per heavy atom. The van der Waals surface area contributed by atoms with Gasteiger partial charge in [-0.2, -0.15) is 0 Å². The average Bonchev–Trinajstić information content (AvgIpc) is 3.94. The molecule has 3 fully saturated rings. The van der Waals surface area contributed by atoms with Crippen LogP contribution in [-0.2, 0) is 35.8 Å². The zero-order chi connectivity index (χ0) is 34.1. The normalized spacial score (nSPS) is 29.6. The predicted molar refractivity (Wildman–Crippen MR) is 177 cm³/mol. The fourth-order valence-electron chi connectivity index (χ4n) is 6.25. The average molecular weight is 670 g/mol. The molecule has 5 atom stereocenters. The number of nitrogens with one attached hydrogen (secondary N) is 3. The minimum atomic E-state index is -3.85. The maximum absolute atomic E-state index is 14.3. The first-order valence-corrected chi connectivity index (χ1v) is 17.9. The van der Waals surface area contributed by atoms with Crippen LogP contribution in [0, 0.1) is 11.3 Å². The van der Waals surface area contributed by atoms with E-state index in [0.29, 0.717) is 19.4 Å². The summed E-state index contributed by atoms with van der Waals surface area (Å²) >= 11 is 0. The van der Waals surface area contributed by atoms with Gasteiger partial charge in [0.1, 0.15) is 17.6 Å². The summed E-state index contributed by atoms with van der Waals surface area (Å²) in [5.74, 6) is -2.32. The van der Waals surface area contributed by atoms with Crippen molar-refractivity contribution in [3.8, 4) is 0 Å². The van der Waals surface area contributed by atoms with Crippen LogP contribution in [0.25, 0.3) is 6.08 Å². The van der Waals surface area contributed by atoms with E-state index in [1.165, 1.54) is 11.0 Å². The van der Waals surface area contributed by atoms with Crippen LogP contribution in [0.3, 0.4) is 0 Å². The van der Waals surface area contributed by atoms with E-state index < -0.39 is 74.1 Å². The minimum Gasteiger partial charge on any atom is -0.372 e. The molecule has 2 heterocycles. The van der Waals surface area contributed by atoms with Crippen molar-refractivity contribution in [2.24, 2.45) is 11.3 Å². The number of hydrogen-bond donors (Lipinski definition) is 3. The van der Waals surface area contributed by atoms with E-state index >= 15 is 0 Å². The van der Waals surface area contributed by atoms with E-state index in [2.05, 4.69) is 28.0 Å². The smallest absolute Gasteiger partial charge is 0.317 e. The molecule has 2 aliphatic carbocycles. The van der Waals surface area contributed by atoms with E-state index in [9.17, 15) is 27.6 Å². The molecular weight excluding hydrogens is 622 g/mol. The lowest BCUT2D eigenvalue weighted by atomic mass is 9.85. The summed E-state index contributed by atoms with van der Waals surface area (Å²) in [6.45, 7) is 10.1. The monoisotopic (exact) mass is 669 g/mol. The van der Waals surface area contributed by atoms with Gasteiger partial charge in [0.05, 0.1) is 18.0 Å². The number of rotatable bonds is 6. The largest absolute Gasteiger partial charge is 0.372 e. The molecule has 3 N–H and O–H groups in total. The number of fused-ring (bicyclic) bond motifs is 4. The molecule has 256 valence electrons. The van der Waals surface area contributed by atoms with E-state index in [1.807, 2.05) is 51.1 Å². The van der Waals surface area contributed by atoms with Crippen LogP contribution in [0.15, 0.2) is 43.0 Å². The summed E-state index contributed by atoms with van der Waals surface area (Å²) in [5.41, 5.74) is -0.242. The molecule has 1 saturated heterocycles. The highest BCUT2D eigenvalue weighted by Gasteiger charge is 2.62. The molecule has 0 unspecified atom stereocenters. The van der Waals surface area contributed by atoms with E-state index in [0.717, 1.165) is 24.0 Å². The molecule has 5 rings (SSSR count). The molecular formula is C34H47N5O7S. The molecule has 4 aliphatic rings. The third kappa shape index (κ3) is 7.89. The fourth-order valence-corrected chi connectivity index (χ4v) is 7.61. The maximum Gasteiger partial charge on any atom is 0.317 e. The van der Waals surface area contributed by atoms with Crippen LogP contribution in [0.4, 0.5) is 4.79 Å². The number of benzene rings is 1. The predicted octanol–water partition coefficient (Wildman–Crippen LogP) is 2.71. The molecule has 0 radical (unpaired) electrons. The Balaban J connectivity index is 1.43. The lowest BCUT2D eigenvalue weighted by Gasteiger charge is -2.36. The highest BCUT2D eigenvalue weighted by Crippen LogP contribution is 2.45. The van der Waals surface area contributed by atoms with Gasteiger partial charge in [-0.3, -0.25) is 19.1 Å². The van der Waals surface area contributed by atoms with Crippen molar-refractivity contribution in [1.82, 2.24) is 25.2 Å². The van der Waals surface area contributed by atoms with Gasteiger partial charge in [-0.25, -0.2) is 13.2 Å². The van der Waals surface area contributed by atoms with Crippen molar-refractivity contribution in [3.05, 3.63) is 54.1 Å². The van der Waals surface area contributed by atoms with E-state index in [4.69, 9.17) is 4.74 Å². The second kappa shape index (κ2) is 13.4. The van der Waals surface area contributed by atoms with Gasteiger partial charge in [0.25, 0.3) is 5.91 Å². The standard InChI is InChI=1S/C34H47N5O7S/c1-6-24-19-34(24,31(42)37-47(44,45)26-14-15-26)36-29(40)27-18-25-20-39(27)30(41)28(33(2,3)4)35-32(43)38(5)16-9-7-8-11-22-12-10-13-23(17-22)21-46-25/h6,8,10-13,17,24-28H,1,7,9,14-16,18-21H2,2-5H3,(H,35,43)(H,36,40)(H,37,42)/b11-8+/t24-,25+,27-,28+,34-/m0/s1. The van der Waals surface area contributed by atoms with Crippen molar-refractivity contribution in [2.45, 2.75) is 94.9 Å². The van der Waals surface area contributed by atoms with Crippen LogP contribution >= 0.6 is 0 Å². The Morgan fingerprint density at radius 3 is 2.60 bits per heavy atom. The molecule has 0 aromatic heterocycles. The first kappa shape index (κ1) is 34.6. The molecule has 2 aliphatic heterocycles. The molecule has 5 amide bonds. The summed E-state index contributed by atoms with van der Waals surface area (Å²) in [4.78, 5) is 58.0. The van der Waals surface area contributed by atoms with Gasteiger partial charge in [-0.15, -0.1) is 6.58 Å². The van der Waals surface area contributed by atoms with Crippen LogP contribution in [0.1, 0.15) is 70.4 Å². The van der Waals surface area contributed by atoms with E-state index in [-0.39, 0.29) is 26.0 Å². The van der Waals surface area contributed by atoms with Crippen LogP contribution < -0.4 is 15.4 Å². The topological polar surface area (TPSA) is 154 Å². The number of allylic oxidation sites excluding steroid dienone is 1. The van der Waals surface area contributed by atoms with Crippen LogP contribution in [-0.4, -0.2) is 91.1 Å². The molecule has 13 heteroatoms. The second-order valence-electron chi connectivity index (χ2n) is 14.3. The number of carbonyl (C=O) groups excluding carboxylic acids is 4. The third-order valence-corrected chi connectivity index (χ3v) is 11.3. The molecule has 12 nitrogen and oxygen atoms in total. The van der Waals surface area contributed by atoms with Crippen molar-refractivity contribution < 1.29 is 32.3 Å². The van der Waals surface area contributed by atoms with Crippen molar-refractivity contribution in [2.75, 3.05) is 20.1 Å². The highest BCUT2D eigenvalue weighted by molar-refractivity contribution is 7.91. The minimum absolute atomic E-state index is 0.0922. The Morgan fingerprint density at radius 1 is 1.19 bits per heavy atom. The van der Waals surface area contributed by atoms with Gasteiger partial charge in [0.15, 0.2) is 0 Å². The lowest BCUT2D eigenvalue weighted by Crippen LogP contribution is -2.61. The van der Waals surface area contributed by atoms with Gasteiger partial charge in [0.2, 0.25) is 21.8 Å². The van der Waals surface area contributed by atoms with Gasteiger partial charge in [-0.05, 0) is 54.7 Å². The summed E-state index contributed by atoms with van der Waals surface area (Å²) < 4.78 is 33.6. The molecule has 1 aromatic carbocycles. The zero-order valence-corrected chi connectivity index (χ0v) is 28.5. The first-order valence-electron chi connectivity index (χ1n) is 16.3. The van der Waals surface area contributed by atoms with Crippen molar-refractivity contribution >= 4 is 39.9 Å². The van der Waals surface area contributed by atoms with Gasteiger partial charge in [0, 0.05) is 32.5 Å². The molecule has 1 aromatic rings. The number of sulfonamides is 1. The maximum atomic E-state index is 14.3. The third-order valence-electron chi connectivity index (χ3n) is 9.44. The first-order chi connectivity index (χ1) is 22.1. The molecule has 2 saturated carbocycles. The van der Waals surface area contributed by atoms with E-state index in [1.54, 1.807) is 11.9 Å². The Bertz CT molecular complexity index is 1550. The molecule has 0 spiro atoms. The number of amides is 5. The second-order valence-corrected chi connectivity index (χ2v) is 16.3. The quantitative estimate of drug-likeness (QED) is 0.394.